The van der Waals surface area contributed by atoms with Crippen LogP contribution in [-0.2, 0) is 11.3 Å². The summed E-state index contributed by atoms with van der Waals surface area (Å²) in [6, 6.07) is 7.61. The van der Waals surface area contributed by atoms with Crippen molar-refractivity contribution >= 4 is 11.8 Å². The minimum absolute atomic E-state index is 0.105. The first-order valence-electron chi connectivity index (χ1n) is 7.98. The number of thioether (sulfide) groups is 1. The van der Waals surface area contributed by atoms with Gasteiger partial charge in [0.1, 0.15) is 5.75 Å². The molecular weight excluding hydrogens is 324 g/mol. The molecule has 2 aromatic rings. The average Bonchev–Trinajstić information content (AvgIpc) is 2.48. The smallest absolute Gasteiger partial charge is 0.251 e. The molecule has 0 unspecified atom stereocenters. The van der Waals surface area contributed by atoms with Gasteiger partial charge >= 0.3 is 0 Å². The van der Waals surface area contributed by atoms with E-state index in [4.69, 9.17) is 9.47 Å². The van der Waals surface area contributed by atoms with E-state index in [1.54, 1.807) is 0 Å². The average molecular weight is 348 g/mol. The first kappa shape index (κ1) is 18.5. The zero-order valence-corrected chi connectivity index (χ0v) is 15.4. The number of ether oxygens (including phenoxy) is 2. The van der Waals surface area contributed by atoms with Crippen LogP contribution in [0.5, 0.6) is 5.75 Å². The summed E-state index contributed by atoms with van der Waals surface area (Å²) < 4.78 is 11.3. The Kier molecular flexibility index (Phi) is 6.87. The van der Waals surface area contributed by atoms with E-state index in [1.807, 2.05) is 39.8 Å². The summed E-state index contributed by atoms with van der Waals surface area (Å²) >= 11 is 1.46. The summed E-state index contributed by atoms with van der Waals surface area (Å²) in [5.74, 6) is 1.57. The third-order valence-electron chi connectivity index (χ3n) is 3.12. The van der Waals surface area contributed by atoms with E-state index in [0.717, 1.165) is 5.75 Å². The molecule has 1 aromatic heterocycles. The molecule has 0 fully saturated rings. The second-order valence-electron chi connectivity index (χ2n) is 5.92. The molecule has 1 heterocycles. The highest BCUT2D eigenvalue weighted by molar-refractivity contribution is 7.99. The number of nitrogens with one attached hydrogen (secondary N) is 1. The van der Waals surface area contributed by atoms with E-state index >= 15 is 0 Å². The molecule has 1 aromatic carbocycles. The molecule has 0 radical (unpaired) electrons. The molecule has 24 heavy (non-hydrogen) atoms. The summed E-state index contributed by atoms with van der Waals surface area (Å²) in [5, 5.41) is 0.592. The Balaban J connectivity index is 1.86. The van der Waals surface area contributed by atoms with Gasteiger partial charge < -0.3 is 14.5 Å². The highest BCUT2D eigenvalue weighted by Gasteiger charge is 2.04. The largest absolute Gasteiger partial charge is 0.493 e. The molecule has 0 bridgehead atoms. The van der Waals surface area contributed by atoms with Gasteiger partial charge in [-0.3, -0.25) is 4.79 Å². The molecule has 130 valence electrons. The Hall–Kier alpha value is -1.79. The van der Waals surface area contributed by atoms with Gasteiger partial charge in [-0.05, 0) is 51.0 Å². The quantitative estimate of drug-likeness (QED) is 0.449. The van der Waals surface area contributed by atoms with E-state index in [0.29, 0.717) is 29.8 Å². The topological polar surface area (TPSA) is 64.2 Å². The van der Waals surface area contributed by atoms with Gasteiger partial charge in [0.15, 0.2) is 5.16 Å². The van der Waals surface area contributed by atoms with Crippen molar-refractivity contribution in [1.82, 2.24) is 9.97 Å². The molecule has 0 aliphatic heterocycles. The Morgan fingerprint density at radius 2 is 1.88 bits per heavy atom. The monoisotopic (exact) mass is 348 g/mol. The van der Waals surface area contributed by atoms with Gasteiger partial charge in [-0.1, -0.05) is 17.8 Å². The van der Waals surface area contributed by atoms with E-state index in [2.05, 4.69) is 16.0 Å². The number of hydrogen-bond acceptors (Lipinski definition) is 5. The number of aromatic amines is 1. The summed E-state index contributed by atoms with van der Waals surface area (Å²) in [6.45, 7) is 8.89. The number of aryl methyl sites for hydroxylation is 2. The van der Waals surface area contributed by atoms with Crippen molar-refractivity contribution in [3.8, 4) is 5.75 Å². The molecule has 2 rings (SSSR count). The lowest BCUT2D eigenvalue weighted by molar-refractivity contribution is 0.0631. The zero-order chi connectivity index (χ0) is 17.5. The van der Waals surface area contributed by atoms with Crippen LogP contribution in [0.2, 0.25) is 0 Å². The lowest BCUT2D eigenvalue weighted by Gasteiger charge is -2.09. The van der Waals surface area contributed by atoms with Crippen LogP contribution in [0.4, 0.5) is 0 Å². The number of benzene rings is 1. The SMILES string of the molecule is Cc1cc(C)cc(OCCSc2nc(COC(C)C)cc(=O)[nH]2)c1. The van der Waals surface area contributed by atoms with Crippen LogP contribution in [0.25, 0.3) is 0 Å². The Morgan fingerprint density at radius 3 is 2.54 bits per heavy atom. The molecule has 0 atom stereocenters. The number of aromatic nitrogens is 2. The van der Waals surface area contributed by atoms with E-state index in [1.165, 1.54) is 29.0 Å². The third kappa shape index (κ3) is 6.37. The van der Waals surface area contributed by atoms with Crippen LogP contribution >= 0.6 is 11.8 Å². The minimum atomic E-state index is -0.162. The molecule has 5 nitrogen and oxygen atoms in total. The van der Waals surface area contributed by atoms with Crippen molar-refractivity contribution in [2.24, 2.45) is 0 Å². The molecule has 0 saturated carbocycles. The van der Waals surface area contributed by atoms with Crippen LogP contribution in [0.15, 0.2) is 34.2 Å². The van der Waals surface area contributed by atoms with Gasteiger partial charge in [0.2, 0.25) is 0 Å². The first-order valence-corrected chi connectivity index (χ1v) is 8.96. The second-order valence-corrected chi connectivity index (χ2v) is 7.01. The number of rotatable bonds is 8. The number of H-pyrrole nitrogens is 1. The fraction of sp³-hybridized carbons (Fsp3) is 0.444. The van der Waals surface area contributed by atoms with E-state index in [-0.39, 0.29) is 11.7 Å². The minimum Gasteiger partial charge on any atom is -0.493 e. The zero-order valence-electron chi connectivity index (χ0n) is 14.6. The van der Waals surface area contributed by atoms with Crippen LogP contribution in [0.3, 0.4) is 0 Å². The maximum absolute atomic E-state index is 11.7. The summed E-state index contributed by atoms with van der Waals surface area (Å²) in [5.41, 5.74) is 2.85. The summed E-state index contributed by atoms with van der Waals surface area (Å²) in [7, 11) is 0. The van der Waals surface area contributed by atoms with E-state index in [9.17, 15) is 4.79 Å². The lowest BCUT2D eigenvalue weighted by atomic mass is 10.1. The van der Waals surface area contributed by atoms with Gasteiger partial charge in [0, 0.05) is 11.8 Å². The van der Waals surface area contributed by atoms with Crippen LogP contribution < -0.4 is 10.3 Å². The fourth-order valence-corrected chi connectivity index (χ4v) is 2.91. The standard InChI is InChI=1S/C18H24N2O3S/c1-12(2)23-11-15-10-17(21)20-18(19-15)24-6-5-22-16-8-13(3)7-14(4)9-16/h7-10,12H,5-6,11H2,1-4H3,(H,19,20,21). The molecule has 6 heteroatoms. The normalized spacial score (nSPS) is 11.0. The fourth-order valence-electron chi connectivity index (χ4n) is 2.19. The van der Waals surface area contributed by atoms with Gasteiger partial charge in [0.05, 0.1) is 25.0 Å². The van der Waals surface area contributed by atoms with Crippen molar-refractivity contribution in [3.05, 3.63) is 51.4 Å². The Bertz CT molecular complexity index is 708. The van der Waals surface area contributed by atoms with Crippen LogP contribution in [0, 0.1) is 13.8 Å². The van der Waals surface area contributed by atoms with Crippen molar-refractivity contribution in [2.75, 3.05) is 12.4 Å². The summed E-state index contributed by atoms with van der Waals surface area (Å²) in [6.07, 6.45) is 0.105. The van der Waals surface area contributed by atoms with Crippen molar-refractivity contribution in [1.29, 1.82) is 0 Å². The molecule has 0 aliphatic rings. The number of hydrogen-bond donors (Lipinski definition) is 1. The molecule has 0 saturated heterocycles. The molecular formula is C18H24N2O3S. The molecule has 1 N–H and O–H groups in total. The molecule has 0 amide bonds. The maximum Gasteiger partial charge on any atom is 0.251 e. The molecule has 0 aliphatic carbocycles. The summed E-state index contributed by atoms with van der Waals surface area (Å²) in [4.78, 5) is 18.8. The highest BCUT2D eigenvalue weighted by atomic mass is 32.2. The van der Waals surface area contributed by atoms with Crippen LogP contribution in [0.1, 0.15) is 30.7 Å². The Labute approximate surface area is 146 Å². The number of nitrogens with zero attached hydrogens (tertiary/aromatic N) is 1. The second kappa shape index (κ2) is 8.89. The maximum atomic E-state index is 11.7. The van der Waals surface area contributed by atoms with Crippen molar-refractivity contribution in [2.45, 2.75) is 45.6 Å². The first-order chi connectivity index (χ1) is 11.4. The van der Waals surface area contributed by atoms with Gasteiger partial charge in [-0.2, -0.15) is 0 Å². The van der Waals surface area contributed by atoms with Crippen molar-refractivity contribution < 1.29 is 9.47 Å². The predicted molar refractivity (Wildman–Crippen MR) is 96.9 cm³/mol. The lowest BCUT2D eigenvalue weighted by Crippen LogP contribution is -2.13. The van der Waals surface area contributed by atoms with Crippen LogP contribution in [-0.4, -0.2) is 28.4 Å². The highest BCUT2D eigenvalue weighted by Crippen LogP contribution is 2.17. The predicted octanol–water partition coefficient (Wildman–Crippen LogP) is 3.48. The van der Waals surface area contributed by atoms with E-state index < -0.39 is 0 Å². The Morgan fingerprint density at radius 1 is 1.17 bits per heavy atom. The van der Waals surface area contributed by atoms with Crippen molar-refractivity contribution in [3.63, 3.8) is 0 Å². The van der Waals surface area contributed by atoms with Gasteiger partial charge in [-0.15, -0.1) is 0 Å². The van der Waals surface area contributed by atoms with Gasteiger partial charge in [0.25, 0.3) is 5.56 Å². The molecule has 0 spiro atoms. The third-order valence-corrected chi connectivity index (χ3v) is 3.96. The van der Waals surface area contributed by atoms with Gasteiger partial charge in [-0.25, -0.2) is 4.98 Å².